The number of hydrogen-bond acceptors (Lipinski definition) is 1. The third-order valence-electron chi connectivity index (χ3n) is 4.06. The quantitative estimate of drug-likeness (QED) is 0.808. The Labute approximate surface area is 111 Å². The first-order valence-corrected chi connectivity index (χ1v) is 6.58. The van der Waals surface area contributed by atoms with Crippen LogP contribution >= 0.6 is 0 Å². The normalized spacial score (nSPS) is 21.6. The summed E-state index contributed by atoms with van der Waals surface area (Å²) in [5.74, 6) is -1.04. The summed E-state index contributed by atoms with van der Waals surface area (Å²) in [6, 6.07) is 2.49. The zero-order valence-electron chi connectivity index (χ0n) is 11.4. The van der Waals surface area contributed by atoms with Crippen molar-refractivity contribution < 1.29 is 8.78 Å². The van der Waals surface area contributed by atoms with Gasteiger partial charge in [-0.25, -0.2) is 8.78 Å². The van der Waals surface area contributed by atoms with Crippen molar-refractivity contribution in [3.63, 3.8) is 0 Å². The minimum absolute atomic E-state index is 0.133. The van der Waals surface area contributed by atoms with E-state index in [-0.39, 0.29) is 11.5 Å². The van der Waals surface area contributed by atoms with Crippen molar-refractivity contribution in [3.05, 3.63) is 35.0 Å². The van der Waals surface area contributed by atoms with Crippen LogP contribution in [0.4, 0.5) is 8.78 Å². The molecule has 1 aliphatic carbocycles. The van der Waals surface area contributed by atoms with E-state index in [4.69, 9.17) is 0 Å². The molecule has 2 N–H and O–H groups in total. The summed E-state index contributed by atoms with van der Waals surface area (Å²) in [5, 5.41) is 3.94. The summed E-state index contributed by atoms with van der Waals surface area (Å²) in [6.45, 7) is 4.39. The average Bonchev–Trinajstić information content (AvgIpc) is 2.65. The highest BCUT2D eigenvalue weighted by atomic mass is 19.1. The summed E-state index contributed by atoms with van der Waals surface area (Å²) in [6.07, 6.45) is 1.82. The summed E-state index contributed by atoms with van der Waals surface area (Å²) in [5.41, 5.74) is 2.62. The molecule has 1 aromatic carbocycles. The number of nitrogens with one attached hydrogen (secondary N) is 2. The molecular weight excluding hydrogens is 246 g/mol. The van der Waals surface area contributed by atoms with Gasteiger partial charge in [0, 0.05) is 23.2 Å². The highest BCUT2D eigenvalue weighted by Crippen LogP contribution is 2.43. The molecule has 1 aromatic heterocycles. The fourth-order valence-corrected chi connectivity index (χ4v) is 3.28. The van der Waals surface area contributed by atoms with Crippen LogP contribution in [0.2, 0.25) is 0 Å². The molecule has 0 spiro atoms. The maximum Gasteiger partial charge on any atom is 0.150 e. The van der Waals surface area contributed by atoms with Crippen LogP contribution in [0.25, 0.3) is 10.9 Å². The third-order valence-corrected chi connectivity index (χ3v) is 4.06. The molecule has 0 radical (unpaired) electrons. The second kappa shape index (κ2) is 4.04. The van der Waals surface area contributed by atoms with Gasteiger partial charge in [-0.1, -0.05) is 13.8 Å². The standard InChI is InChI=1S/C15H18F2N2/c1-15(2)6-11(18-3)13-9-4-8(16)5-10(17)14(9)19-12(13)7-15/h4-5,11,18-19H,6-7H2,1-3H3. The van der Waals surface area contributed by atoms with Crippen molar-refractivity contribution in [1.82, 2.24) is 10.3 Å². The lowest BCUT2D eigenvalue weighted by Crippen LogP contribution is -2.31. The molecule has 0 saturated heterocycles. The van der Waals surface area contributed by atoms with Crippen molar-refractivity contribution in [1.29, 1.82) is 0 Å². The molecule has 1 unspecified atom stereocenters. The van der Waals surface area contributed by atoms with Gasteiger partial charge in [-0.2, -0.15) is 0 Å². The van der Waals surface area contributed by atoms with Gasteiger partial charge in [-0.15, -0.1) is 0 Å². The maximum absolute atomic E-state index is 13.9. The van der Waals surface area contributed by atoms with Crippen LogP contribution in [0.1, 0.15) is 37.6 Å². The molecule has 0 fully saturated rings. The molecule has 1 atom stereocenters. The number of aromatic nitrogens is 1. The van der Waals surface area contributed by atoms with Crippen molar-refractivity contribution in [3.8, 4) is 0 Å². The Kier molecular flexibility index (Phi) is 2.68. The van der Waals surface area contributed by atoms with Gasteiger partial charge in [-0.3, -0.25) is 0 Å². The lowest BCUT2D eigenvalue weighted by Gasteiger charge is -2.35. The number of hydrogen-bond donors (Lipinski definition) is 2. The van der Waals surface area contributed by atoms with Crippen molar-refractivity contribution in [2.45, 2.75) is 32.7 Å². The van der Waals surface area contributed by atoms with Crippen LogP contribution in [0.15, 0.2) is 12.1 Å². The van der Waals surface area contributed by atoms with E-state index in [9.17, 15) is 8.78 Å². The first-order valence-electron chi connectivity index (χ1n) is 6.58. The second-order valence-electron chi connectivity index (χ2n) is 6.21. The fraction of sp³-hybridized carbons (Fsp3) is 0.467. The Morgan fingerprint density at radius 2 is 2.05 bits per heavy atom. The molecule has 2 aromatic rings. The molecule has 102 valence electrons. The van der Waals surface area contributed by atoms with E-state index in [0.29, 0.717) is 10.9 Å². The number of fused-ring (bicyclic) bond motifs is 3. The number of aromatic amines is 1. The number of rotatable bonds is 1. The van der Waals surface area contributed by atoms with E-state index in [1.165, 1.54) is 6.07 Å². The van der Waals surface area contributed by atoms with Gasteiger partial charge < -0.3 is 10.3 Å². The fourth-order valence-electron chi connectivity index (χ4n) is 3.28. The topological polar surface area (TPSA) is 27.8 Å². The van der Waals surface area contributed by atoms with E-state index in [1.54, 1.807) is 0 Å². The van der Waals surface area contributed by atoms with E-state index in [2.05, 4.69) is 24.1 Å². The van der Waals surface area contributed by atoms with Crippen molar-refractivity contribution in [2.24, 2.45) is 5.41 Å². The highest BCUT2D eigenvalue weighted by Gasteiger charge is 2.34. The average molecular weight is 264 g/mol. The van der Waals surface area contributed by atoms with Gasteiger partial charge in [0.25, 0.3) is 0 Å². The van der Waals surface area contributed by atoms with Gasteiger partial charge in [0.1, 0.15) is 11.6 Å². The summed E-state index contributed by atoms with van der Waals surface area (Å²) in [7, 11) is 1.89. The predicted octanol–water partition coefficient (Wildman–Crippen LogP) is 3.68. The first kappa shape index (κ1) is 12.6. The number of halogens is 2. The Morgan fingerprint density at radius 3 is 2.74 bits per heavy atom. The molecule has 0 aliphatic heterocycles. The van der Waals surface area contributed by atoms with Crippen LogP contribution in [0.3, 0.4) is 0 Å². The molecule has 0 saturated carbocycles. The molecule has 2 nitrogen and oxygen atoms in total. The van der Waals surface area contributed by atoms with Gasteiger partial charge in [-0.05, 0) is 36.9 Å². The monoisotopic (exact) mass is 264 g/mol. The third kappa shape index (κ3) is 1.94. The van der Waals surface area contributed by atoms with Crippen LogP contribution in [0, 0.1) is 17.0 Å². The van der Waals surface area contributed by atoms with E-state index in [1.807, 2.05) is 7.05 Å². The zero-order valence-corrected chi connectivity index (χ0v) is 11.4. The Morgan fingerprint density at radius 1 is 1.32 bits per heavy atom. The number of benzene rings is 1. The van der Waals surface area contributed by atoms with Gasteiger partial charge in [0.2, 0.25) is 0 Å². The largest absolute Gasteiger partial charge is 0.356 e. The molecule has 1 aliphatic rings. The van der Waals surface area contributed by atoms with E-state index < -0.39 is 11.6 Å². The van der Waals surface area contributed by atoms with Crippen molar-refractivity contribution >= 4 is 10.9 Å². The van der Waals surface area contributed by atoms with E-state index >= 15 is 0 Å². The first-order chi connectivity index (χ1) is 8.91. The molecule has 3 rings (SSSR count). The lowest BCUT2D eigenvalue weighted by atomic mass is 9.74. The predicted molar refractivity (Wildman–Crippen MR) is 72.1 cm³/mol. The summed E-state index contributed by atoms with van der Waals surface area (Å²) in [4.78, 5) is 3.15. The van der Waals surface area contributed by atoms with Crippen molar-refractivity contribution in [2.75, 3.05) is 7.05 Å². The molecule has 0 bridgehead atoms. The molecule has 1 heterocycles. The summed E-state index contributed by atoms with van der Waals surface area (Å²) < 4.78 is 27.3. The van der Waals surface area contributed by atoms with Gasteiger partial charge >= 0.3 is 0 Å². The van der Waals surface area contributed by atoms with Crippen LogP contribution in [-0.4, -0.2) is 12.0 Å². The highest BCUT2D eigenvalue weighted by molar-refractivity contribution is 5.86. The molecule has 19 heavy (non-hydrogen) atoms. The van der Waals surface area contributed by atoms with Crippen LogP contribution < -0.4 is 5.32 Å². The lowest BCUT2D eigenvalue weighted by molar-refractivity contribution is 0.264. The second-order valence-corrected chi connectivity index (χ2v) is 6.21. The minimum Gasteiger partial charge on any atom is -0.356 e. The van der Waals surface area contributed by atoms with Crippen LogP contribution in [-0.2, 0) is 6.42 Å². The Bertz CT molecular complexity index is 643. The van der Waals surface area contributed by atoms with Crippen LogP contribution in [0.5, 0.6) is 0 Å². The Hall–Kier alpha value is -1.42. The summed E-state index contributed by atoms with van der Waals surface area (Å²) >= 11 is 0. The zero-order chi connectivity index (χ0) is 13.8. The SMILES string of the molecule is CNC1CC(C)(C)Cc2[nH]c3c(F)cc(F)cc3c21. The van der Waals surface area contributed by atoms with Gasteiger partial charge in [0.15, 0.2) is 0 Å². The van der Waals surface area contributed by atoms with Gasteiger partial charge in [0.05, 0.1) is 5.52 Å². The molecular formula is C15H18F2N2. The maximum atomic E-state index is 13.9. The smallest absolute Gasteiger partial charge is 0.150 e. The molecule has 4 heteroatoms. The van der Waals surface area contributed by atoms with E-state index in [0.717, 1.165) is 30.2 Å². The Balaban J connectivity index is 2.29. The molecule has 0 amide bonds. The number of H-pyrrole nitrogens is 1. The minimum atomic E-state index is -0.522.